The predicted molar refractivity (Wildman–Crippen MR) is 70.5 cm³/mol. The molecule has 3 heteroatoms. The standard InChI is InChI=1S/C13H13Cl2N/c1-13(2,3)9-7-16-12(15)11-8(9)5-4-6-10(11)14/h4-7H,1-3H3. The Bertz CT molecular complexity index is 533. The second-order valence-corrected chi connectivity index (χ2v) is 5.64. The van der Waals surface area contributed by atoms with Crippen LogP contribution in [0.2, 0.25) is 10.2 Å². The van der Waals surface area contributed by atoms with Crippen LogP contribution in [0.15, 0.2) is 24.4 Å². The van der Waals surface area contributed by atoms with Gasteiger partial charge in [0, 0.05) is 11.6 Å². The molecule has 0 saturated carbocycles. The third-order valence-electron chi connectivity index (χ3n) is 2.63. The van der Waals surface area contributed by atoms with Gasteiger partial charge in [-0.25, -0.2) is 4.98 Å². The lowest BCUT2D eigenvalue weighted by Crippen LogP contribution is -2.12. The summed E-state index contributed by atoms with van der Waals surface area (Å²) in [5.41, 5.74) is 1.19. The van der Waals surface area contributed by atoms with Crippen molar-refractivity contribution >= 4 is 34.0 Å². The van der Waals surface area contributed by atoms with Crippen LogP contribution < -0.4 is 0 Å². The van der Waals surface area contributed by atoms with Crippen molar-refractivity contribution in [3.63, 3.8) is 0 Å². The quantitative estimate of drug-likeness (QED) is 0.613. The van der Waals surface area contributed by atoms with Gasteiger partial charge in [0.05, 0.1) is 5.02 Å². The molecule has 1 nitrogen and oxygen atoms in total. The van der Waals surface area contributed by atoms with Gasteiger partial charge in [0.2, 0.25) is 0 Å². The molecule has 2 rings (SSSR count). The van der Waals surface area contributed by atoms with E-state index in [1.54, 1.807) is 0 Å². The van der Waals surface area contributed by atoms with Gasteiger partial charge < -0.3 is 0 Å². The van der Waals surface area contributed by atoms with E-state index < -0.39 is 0 Å². The summed E-state index contributed by atoms with van der Waals surface area (Å²) in [6.45, 7) is 6.45. The maximum Gasteiger partial charge on any atom is 0.138 e. The van der Waals surface area contributed by atoms with E-state index in [0.29, 0.717) is 10.2 Å². The average molecular weight is 254 g/mol. The molecule has 0 amide bonds. The zero-order valence-corrected chi connectivity index (χ0v) is 11.0. The third-order valence-corrected chi connectivity index (χ3v) is 3.23. The Labute approximate surface area is 105 Å². The number of halogens is 2. The molecule has 0 saturated heterocycles. The number of hydrogen-bond acceptors (Lipinski definition) is 1. The molecule has 0 radical (unpaired) electrons. The first-order valence-electron chi connectivity index (χ1n) is 5.14. The molecular weight excluding hydrogens is 241 g/mol. The first-order valence-corrected chi connectivity index (χ1v) is 5.90. The molecule has 0 N–H and O–H groups in total. The number of nitrogens with zero attached hydrogens (tertiary/aromatic N) is 1. The van der Waals surface area contributed by atoms with E-state index in [4.69, 9.17) is 23.2 Å². The van der Waals surface area contributed by atoms with Crippen LogP contribution in [0.5, 0.6) is 0 Å². The van der Waals surface area contributed by atoms with Crippen LogP contribution in [-0.4, -0.2) is 4.98 Å². The normalized spacial score (nSPS) is 12.1. The summed E-state index contributed by atoms with van der Waals surface area (Å²) in [5, 5.41) is 3.05. The molecule has 16 heavy (non-hydrogen) atoms. The van der Waals surface area contributed by atoms with Crippen molar-refractivity contribution in [3.05, 3.63) is 40.1 Å². The zero-order chi connectivity index (χ0) is 11.9. The minimum atomic E-state index is 0.0283. The molecule has 0 atom stereocenters. The van der Waals surface area contributed by atoms with Crippen LogP contribution in [0.1, 0.15) is 26.3 Å². The number of hydrogen-bond donors (Lipinski definition) is 0. The van der Waals surface area contributed by atoms with Gasteiger partial charge in [0.1, 0.15) is 5.15 Å². The molecule has 1 aromatic carbocycles. The SMILES string of the molecule is CC(C)(C)c1cnc(Cl)c2c(Cl)cccc12. The highest BCUT2D eigenvalue weighted by atomic mass is 35.5. The van der Waals surface area contributed by atoms with E-state index in [1.165, 1.54) is 0 Å². The minimum absolute atomic E-state index is 0.0283. The van der Waals surface area contributed by atoms with Gasteiger partial charge in [-0.15, -0.1) is 0 Å². The third kappa shape index (κ3) is 1.90. The Morgan fingerprint density at radius 3 is 2.44 bits per heavy atom. The average Bonchev–Trinajstić information content (AvgIpc) is 2.16. The monoisotopic (exact) mass is 253 g/mol. The first kappa shape index (κ1) is 11.7. The Morgan fingerprint density at radius 1 is 1.12 bits per heavy atom. The lowest BCUT2D eigenvalue weighted by Gasteiger charge is -2.21. The van der Waals surface area contributed by atoms with Crippen molar-refractivity contribution in [1.82, 2.24) is 4.98 Å². The molecule has 1 aromatic heterocycles. The van der Waals surface area contributed by atoms with Crippen molar-refractivity contribution in [2.45, 2.75) is 26.2 Å². The molecule has 0 bridgehead atoms. The summed E-state index contributed by atoms with van der Waals surface area (Å²) in [5.74, 6) is 0. The largest absolute Gasteiger partial charge is 0.244 e. The summed E-state index contributed by atoms with van der Waals surface area (Å²) in [4.78, 5) is 4.22. The van der Waals surface area contributed by atoms with Crippen molar-refractivity contribution in [2.24, 2.45) is 0 Å². The van der Waals surface area contributed by atoms with Crippen LogP contribution in [0.3, 0.4) is 0 Å². The number of benzene rings is 1. The maximum atomic E-state index is 6.16. The second-order valence-electron chi connectivity index (χ2n) is 4.88. The van der Waals surface area contributed by atoms with Crippen LogP contribution >= 0.6 is 23.2 Å². The second kappa shape index (κ2) is 3.90. The Balaban J connectivity index is 2.90. The van der Waals surface area contributed by atoms with Crippen LogP contribution in [-0.2, 0) is 5.41 Å². The highest BCUT2D eigenvalue weighted by Gasteiger charge is 2.19. The van der Waals surface area contributed by atoms with Crippen LogP contribution in [0.25, 0.3) is 10.8 Å². The van der Waals surface area contributed by atoms with E-state index in [0.717, 1.165) is 16.3 Å². The summed E-state index contributed by atoms with van der Waals surface area (Å²) in [7, 11) is 0. The van der Waals surface area contributed by atoms with Crippen LogP contribution in [0, 0.1) is 0 Å². The van der Waals surface area contributed by atoms with Crippen molar-refractivity contribution in [1.29, 1.82) is 0 Å². The van der Waals surface area contributed by atoms with Gasteiger partial charge in [-0.1, -0.05) is 56.1 Å². The summed E-state index contributed by atoms with van der Waals surface area (Å²) in [6.07, 6.45) is 1.83. The zero-order valence-electron chi connectivity index (χ0n) is 9.51. The van der Waals surface area contributed by atoms with Gasteiger partial charge in [-0.2, -0.15) is 0 Å². The molecule has 2 aromatic rings. The topological polar surface area (TPSA) is 12.9 Å². The van der Waals surface area contributed by atoms with E-state index in [1.807, 2.05) is 24.4 Å². The maximum absolute atomic E-state index is 6.16. The van der Waals surface area contributed by atoms with Crippen molar-refractivity contribution < 1.29 is 0 Å². The van der Waals surface area contributed by atoms with Crippen molar-refractivity contribution in [3.8, 4) is 0 Å². The fourth-order valence-electron chi connectivity index (χ4n) is 1.81. The predicted octanol–water partition coefficient (Wildman–Crippen LogP) is 4.84. The number of aromatic nitrogens is 1. The highest BCUT2D eigenvalue weighted by molar-refractivity contribution is 6.41. The lowest BCUT2D eigenvalue weighted by molar-refractivity contribution is 0.593. The molecule has 1 heterocycles. The fourth-order valence-corrected chi connectivity index (χ4v) is 2.38. The van der Waals surface area contributed by atoms with Gasteiger partial charge in [0.15, 0.2) is 0 Å². The lowest BCUT2D eigenvalue weighted by atomic mass is 9.85. The molecule has 0 aliphatic rings. The Hall–Kier alpha value is -0.790. The molecule has 0 unspecified atom stereocenters. The van der Waals surface area contributed by atoms with Gasteiger partial charge in [-0.3, -0.25) is 0 Å². The summed E-state index contributed by atoms with van der Waals surface area (Å²) < 4.78 is 0. The Morgan fingerprint density at radius 2 is 1.81 bits per heavy atom. The van der Waals surface area contributed by atoms with E-state index in [-0.39, 0.29) is 5.41 Å². The van der Waals surface area contributed by atoms with E-state index >= 15 is 0 Å². The molecule has 0 fully saturated rings. The smallest absolute Gasteiger partial charge is 0.138 e. The molecule has 0 aliphatic heterocycles. The molecule has 84 valence electrons. The Kier molecular flexibility index (Phi) is 2.85. The van der Waals surface area contributed by atoms with Crippen LogP contribution in [0.4, 0.5) is 0 Å². The molecule has 0 aliphatic carbocycles. The number of fused-ring (bicyclic) bond motifs is 1. The van der Waals surface area contributed by atoms with Gasteiger partial charge in [0.25, 0.3) is 0 Å². The first-order chi connectivity index (χ1) is 7.41. The number of rotatable bonds is 0. The van der Waals surface area contributed by atoms with Crippen molar-refractivity contribution in [2.75, 3.05) is 0 Å². The summed E-state index contributed by atoms with van der Waals surface area (Å²) >= 11 is 12.2. The minimum Gasteiger partial charge on any atom is -0.244 e. The van der Waals surface area contributed by atoms with Gasteiger partial charge >= 0.3 is 0 Å². The van der Waals surface area contributed by atoms with Gasteiger partial charge in [-0.05, 0) is 22.4 Å². The number of pyridine rings is 1. The molecular formula is C13H13Cl2N. The van der Waals surface area contributed by atoms with E-state index in [9.17, 15) is 0 Å². The van der Waals surface area contributed by atoms with E-state index in [2.05, 4.69) is 25.8 Å². The molecule has 0 spiro atoms. The highest BCUT2D eigenvalue weighted by Crippen LogP contribution is 2.35. The fraction of sp³-hybridized carbons (Fsp3) is 0.308. The summed E-state index contributed by atoms with van der Waals surface area (Å²) in [6, 6.07) is 5.81.